The summed E-state index contributed by atoms with van der Waals surface area (Å²) in [5.41, 5.74) is 2.22. The van der Waals surface area contributed by atoms with E-state index in [0.29, 0.717) is 0 Å². The van der Waals surface area contributed by atoms with Crippen LogP contribution in [-0.4, -0.2) is 14.3 Å². The predicted octanol–water partition coefficient (Wildman–Crippen LogP) is 3.86. The zero-order valence-electron chi connectivity index (χ0n) is 15.1. The van der Waals surface area contributed by atoms with Crippen LogP contribution in [-0.2, 0) is 16.6 Å². The third-order valence-corrected chi connectivity index (χ3v) is 5.55. The molecule has 0 saturated carbocycles. The van der Waals surface area contributed by atoms with E-state index in [0.717, 1.165) is 11.1 Å². The van der Waals surface area contributed by atoms with Gasteiger partial charge in [-0.1, -0.05) is 42.0 Å². The number of hydrogen-bond donors (Lipinski definition) is 2. The lowest BCUT2D eigenvalue weighted by Crippen LogP contribution is -2.23. The van der Waals surface area contributed by atoms with Gasteiger partial charge < -0.3 is 5.32 Å². The van der Waals surface area contributed by atoms with Crippen molar-refractivity contribution in [3.63, 3.8) is 0 Å². The minimum Gasteiger partial charge on any atom is -0.319 e. The van der Waals surface area contributed by atoms with E-state index in [1.807, 2.05) is 31.2 Å². The van der Waals surface area contributed by atoms with Gasteiger partial charge in [0.25, 0.3) is 5.91 Å². The number of halogens is 1. The molecule has 3 aromatic rings. The number of aryl methyl sites for hydroxylation is 1. The first-order valence-electron chi connectivity index (χ1n) is 8.56. The van der Waals surface area contributed by atoms with Gasteiger partial charge in [-0.2, -0.15) is 0 Å². The molecule has 0 aliphatic rings. The van der Waals surface area contributed by atoms with Crippen LogP contribution in [0, 0.1) is 12.7 Å². The zero-order valence-corrected chi connectivity index (χ0v) is 16.0. The number of sulfonamides is 1. The highest BCUT2D eigenvalue weighted by molar-refractivity contribution is 7.89. The molecule has 0 bridgehead atoms. The molecule has 0 aliphatic carbocycles. The summed E-state index contributed by atoms with van der Waals surface area (Å²) < 4.78 is 41.0. The Labute approximate surface area is 163 Å². The normalized spacial score (nSPS) is 11.2. The number of carbonyl (C=O) groups excluding carboxylic acids is 1. The summed E-state index contributed by atoms with van der Waals surface area (Å²) in [5.74, 6) is -1.07. The van der Waals surface area contributed by atoms with Gasteiger partial charge >= 0.3 is 0 Å². The van der Waals surface area contributed by atoms with Crippen LogP contribution in [0.5, 0.6) is 0 Å². The number of rotatable bonds is 6. The van der Waals surface area contributed by atoms with Gasteiger partial charge in [-0.25, -0.2) is 17.5 Å². The van der Waals surface area contributed by atoms with Crippen LogP contribution in [0.4, 0.5) is 10.1 Å². The van der Waals surface area contributed by atoms with Gasteiger partial charge in [0, 0.05) is 12.1 Å². The number of nitrogens with one attached hydrogen (secondary N) is 2. The molecule has 28 heavy (non-hydrogen) atoms. The van der Waals surface area contributed by atoms with E-state index in [9.17, 15) is 17.6 Å². The summed E-state index contributed by atoms with van der Waals surface area (Å²) in [6, 6.07) is 18.8. The summed E-state index contributed by atoms with van der Waals surface area (Å²) in [7, 11) is -3.72. The Morgan fingerprint density at radius 3 is 2.21 bits per heavy atom. The molecule has 5 nitrogen and oxygen atoms in total. The Morgan fingerprint density at radius 1 is 0.929 bits per heavy atom. The average molecular weight is 398 g/mol. The second kappa shape index (κ2) is 8.33. The summed E-state index contributed by atoms with van der Waals surface area (Å²) >= 11 is 0. The fourth-order valence-electron chi connectivity index (χ4n) is 2.51. The monoisotopic (exact) mass is 398 g/mol. The zero-order chi connectivity index (χ0) is 20.1. The molecule has 0 radical (unpaired) electrons. The molecule has 3 rings (SSSR count). The van der Waals surface area contributed by atoms with Crippen molar-refractivity contribution in [1.29, 1.82) is 0 Å². The first kappa shape index (κ1) is 19.7. The largest absolute Gasteiger partial charge is 0.319 e. The Bertz CT molecular complexity index is 1080. The molecule has 0 saturated heterocycles. The van der Waals surface area contributed by atoms with Crippen molar-refractivity contribution in [1.82, 2.24) is 4.72 Å². The summed E-state index contributed by atoms with van der Waals surface area (Å²) in [6.45, 7) is 2.12. The summed E-state index contributed by atoms with van der Waals surface area (Å²) in [4.78, 5) is 12.3. The molecule has 0 spiro atoms. The second-order valence-corrected chi connectivity index (χ2v) is 8.04. The molecule has 0 fully saturated rings. The number of benzene rings is 3. The van der Waals surface area contributed by atoms with Gasteiger partial charge in [0.2, 0.25) is 10.0 Å². The van der Waals surface area contributed by atoms with Crippen LogP contribution < -0.4 is 10.0 Å². The number of hydrogen-bond acceptors (Lipinski definition) is 3. The van der Waals surface area contributed by atoms with Crippen LogP contribution >= 0.6 is 0 Å². The van der Waals surface area contributed by atoms with Crippen molar-refractivity contribution in [3.8, 4) is 0 Å². The van der Waals surface area contributed by atoms with E-state index in [2.05, 4.69) is 10.0 Å². The van der Waals surface area contributed by atoms with Gasteiger partial charge in [0.15, 0.2) is 0 Å². The Morgan fingerprint density at radius 2 is 1.57 bits per heavy atom. The first-order valence-corrected chi connectivity index (χ1v) is 10.0. The topological polar surface area (TPSA) is 75.3 Å². The molecule has 1 amide bonds. The Balaban J connectivity index is 1.67. The molecular weight excluding hydrogens is 379 g/mol. The molecule has 144 valence electrons. The van der Waals surface area contributed by atoms with Crippen molar-refractivity contribution < 1.29 is 17.6 Å². The van der Waals surface area contributed by atoms with Crippen LogP contribution in [0.15, 0.2) is 77.7 Å². The smallest absolute Gasteiger partial charge is 0.255 e. The number of para-hydroxylation sites is 1. The van der Waals surface area contributed by atoms with Crippen molar-refractivity contribution in [2.45, 2.75) is 18.4 Å². The maximum absolute atomic E-state index is 13.6. The molecule has 0 atom stereocenters. The highest BCUT2D eigenvalue weighted by Gasteiger charge is 2.15. The van der Waals surface area contributed by atoms with Crippen LogP contribution in [0.2, 0.25) is 0 Å². The second-order valence-electron chi connectivity index (χ2n) is 6.27. The lowest BCUT2D eigenvalue weighted by atomic mass is 10.2. The standard InChI is InChI=1S/C21H19FN2O3S/c1-15-6-8-16(9-7-15)14-23-28(26,27)18-12-10-17(11-13-18)21(25)24-20-5-3-2-4-19(20)22/h2-13,23H,14H2,1H3,(H,24,25). The van der Waals surface area contributed by atoms with Crippen molar-refractivity contribution in [3.05, 3.63) is 95.3 Å². The van der Waals surface area contributed by atoms with E-state index >= 15 is 0 Å². The molecule has 0 heterocycles. The van der Waals surface area contributed by atoms with E-state index < -0.39 is 21.7 Å². The maximum atomic E-state index is 13.6. The lowest BCUT2D eigenvalue weighted by Gasteiger charge is -2.09. The molecule has 0 aliphatic heterocycles. The highest BCUT2D eigenvalue weighted by Crippen LogP contribution is 2.16. The quantitative estimate of drug-likeness (QED) is 0.662. The van der Waals surface area contributed by atoms with Crippen LogP contribution in [0.3, 0.4) is 0 Å². The van der Waals surface area contributed by atoms with Gasteiger partial charge in [-0.05, 0) is 48.9 Å². The SMILES string of the molecule is Cc1ccc(CNS(=O)(=O)c2ccc(C(=O)Nc3ccccc3F)cc2)cc1. The maximum Gasteiger partial charge on any atom is 0.255 e. The number of anilines is 1. The van der Waals surface area contributed by atoms with Crippen molar-refractivity contribution >= 4 is 21.6 Å². The van der Waals surface area contributed by atoms with E-state index in [1.165, 1.54) is 42.5 Å². The number of carbonyl (C=O) groups is 1. The first-order chi connectivity index (χ1) is 13.3. The van der Waals surface area contributed by atoms with E-state index in [4.69, 9.17) is 0 Å². The molecule has 0 unspecified atom stereocenters. The van der Waals surface area contributed by atoms with E-state index in [-0.39, 0.29) is 22.7 Å². The van der Waals surface area contributed by atoms with Gasteiger partial charge in [-0.15, -0.1) is 0 Å². The van der Waals surface area contributed by atoms with E-state index in [1.54, 1.807) is 6.07 Å². The molecule has 0 aromatic heterocycles. The summed E-state index contributed by atoms with van der Waals surface area (Å²) in [6.07, 6.45) is 0. The third-order valence-electron chi connectivity index (χ3n) is 4.14. The Hall–Kier alpha value is -3.03. The number of amides is 1. The van der Waals surface area contributed by atoms with Gasteiger partial charge in [0.05, 0.1) is 10.6 Å². The fraction of sp³-hybridized carbons (Fsp3) is 0.0952. The minimum absolute atomic E-state index is 0.0436. The fourth-order valence-corrected chi connectivity index (χ4v) is 3.53. The molecular formula is C21H19FN2O3S. The summed E-state index contributed by atoms with van der Waals surface area (Å²) in [5, 5.41) is 2.46. The predicted molar refractivity (Wildman–Crippen MR) is 106 cm³/mol. The minimum atomic E-state index is -3.72. The molecule has 2 N–H and O–H groups in total. The van der Waals surface area contributed by atoms with Crippen molar-refractivity contribution in [2.24, 2.45) is 0 Å². The molecule has 3 aromatic carbocycles. The van der Waals surface area contributed by atoms with Gasteiger partial charge in [-0.3, -0.25) is 4.79 Å². The lowest BCUT2D eigenvalue weighted by molar-refractivity contribution is 0.102. The molecule has 7 heteroatoms. The highest BCUT2D eigenvalue weighted by atomic mass is 32.2. The van der Waals surface area contributed by atoms with Crippen LogP contribution in [0.1, 0.15) is 21.5 Å². The van der Waals surface area contributed by atoms with Crippen molar-refractivity contribution in [2.75, 3.05) is 5.32 Å². The average Bonchev–Trinajstić information content (AvgIpc) is 2.69. The Kier molecular flexibility index (Phi) is 5.87. The van der Waals surface area contributed by atoms with Gasteiger partial charge in [0.1, 0.15) is 5.82 Å². The van der Waals surface area contributed by atoms with Crippen LogP contribution in [0.25, 0.3) is 0 Å². The third kappa shape index (κ3) is 4.82.